The molecule has 8 nitrogen and oxygen atoms in total. The number of ketones is 1. The number of hydrogen-bond donors (Lipinski definition) is 4. The number of Topliss-reactive ketones (excluding diaryl/α,β-unsaturated/α-hetero) is 1. The molecule has 8 heteroatoms. The van der Waals surface area contributed by atoms with Gasteiger partial charge in [0.2, 0.25) is 11.8 Å². The van der Waals surface area contributed by atoms with Crippen LogP contribution in [0.2, 0.25) is 0 Å². The van der Waals surface area contributed by atoms with E-state index >= 15 is 0 Å². The molecule has 2 amide bonds. The molecule has 148 valence electrons. The summed E-state index contributed by atoms with van der Waals surface area (Å²) in [5.74, 6) is -0.721. The average molecular weight is 367 g/mol. The normalized spacial score (nSPS) is 21.8. The van der Waals surface area contributed by atoms with Crippen LogP contribution in [0.4, 0.5) is 0 Å². The Morgan fingerprint density at radius 1 is 1.19 bits per heavy atom. The lowest BCUT2D eigenvalue weighted by atomic mass is 9.81. The molecule has 0 unspecified atom stereocenters. The standard InChI is InChI=1S/C18H33N5O3/c1-3-18(4-2)14(24)12-13(8-7-11-22-17(19)20)16(26)21-10-6-5-9-15(25)23-18/h13H,3-12H2,1-2H3,(H,21,26)(H,23,25)(H4,19,20,22)/t13-/m1/s1. The minimum atomic E-state index is -0.894. The summed E-state index contributed by atoms with van der Waals surface area (Å²) in [4.78, 5) is 41.6. The molecule has 1 aliphatic heterocycles. The fraction of sp³-hybridized carbons (Fsp3) is 0.778. The number of amides is 2. The van der Waals surface area contributed by atoms with Gasteiger partial charge < -0.3 is 22.1 Å². The van der Waals surface area contributed by atoms with Crippen LogP contribution in [0, 0.1) is 5.92 Å². The van der Waals surface area contributed by atoms with Crippen LogP contribution in [0.25, 0.3) is 0 Å². The molecule has 0 spiro atoms. The van der Waals surface area contributed by atoms with Gasteiger partial charge in [-0.15, -0.1) is 0 Å². The van der Waals surface area contributed by atoms with E-state index in [1.807, 2.05) is 13.8 Å². The van der Waals surface area contributed by atoms with E-state index in [9.17, 15) is 14.4 Å². The van der Waals surface area contributed by atoms with Gasteiger partial charge in [-0.25, -0.2) is 0 Å². The van der Waals surface area contributed by atoms with Crippen molar-refractivity contribution in [2.45, 2.75) is 70.8 Å². The van der Waals surface area contributed by atoms with Crippen LogP contribution in [-0.4, -0.2) is 42.2 Å². The van der Waals surface area contributed by atoms with Crippen LogP contribution < -0.4 is 22.1 Å². The molecule has 1 atom stereocenters. The van der Waals surface area contributed by atoms with Crippen molar-refractivity contribution in [1.82, 2.24) is 10.6 Å². The Bertz CT molecular complexity index is 525. The SMILES string of the molecule is CCC1(CC)NC(=O)CCCCNC(=O)[C@H](CCCN=C(N)N)CC1=O. The Morgan fingerprint density at radius 2 is 1.88 bits per heavy atom. The minimum absolute atomic E-state index is 0.0166. The maximum Gasteiger partial charge on any atom is 0.223 e. The lowest BCUT2D eigenvalue weighted by molar-refractivity contribution is -0.136. The van der Waals surface area contributed by atoms with Crippen molar-refractivity contribution in [2.24, 2.45) is 22.4 Å². The van der Waals surface area contributed by atoms with E-state index in [0.717, 1.165) is 6.42 Å². The van der Waals surface area contributed by atoms with Crippen LogP contribution in [0.3, 0.4) is 0 Å². The molecule has 0 aromatic rings. The van der Waals surface area contributed by atoms with Crippen LogP contribution >= 0.6 is 0 Å². The number of hydrogen-bond acceptors (Lipinski definition) is 4. The van der Waals surface area contributed by atoms with Crippen LogP contribution in [-0.2, 0) is 14.4 Å². The largest absolute Gasteiger partial charge is 0.370 e. The van der Waals surface area contributed by atoms with E-state index < -0.39 is 11.5 Å². The second-order valence-corrected chi connectivity index (χ2v) is 6.86. The Hall–Kier alpha value is -2.12. The quantitative estimate of drug-likeness (QED) is 0.309. The van der Waals surface area contributed by atoms with E-state index in [0.29, 0.717) is 51.6 Å². The van der Waals surface area contributed by atoms with Gasteiger partial charge in [0.15, 0.2) is 11.7 Å². The fourth-order valence-corrected chi connectivity index (χ4v) is 3.28. The average Bonchev–Trinajstić information content (AvgIpc) is 2.60. The molecular weight excluding hydrogens is 334 g/mol. The van der Waals surface area contributed by atoms with Gasteiger partial charge in [-0.1, -0.05) is 13.8 Å². The highest BCUT2D eigenvalue weighted by atomic mass is 16.2. The summed E-state index contributed by atoms with van der Waals surface area (Å²) in [5.41, 5.74) is 9.74. The smallest absolute Gasteiger partial charge is 0.223 e. The van der Waals surface area contributed by atoms with Crippen molar-refractivity contribution in [2.75, 3.05) is 13.1 Å². The van der Waals surface area contributed by atoms with Gasteiger partial charge in [0.1, 0.15) is 0 Å². The summed E-state index contributed by atoms with van der Waals surface area (Å²) in [7, 11) is 0. The van der Waals surface area contributed by atoms with Gasteiger partial charge in [0, 0.05) is 31.8 Å². The lowest BCUT2D eigenvalue weighted by Crippen LogP contribution is -2.54. The zero-order valence-corrected chi connectivity index (χ0v) is 16.0. The molecule has 1 aliphatic rings. The molecular formula is C18H33N5O3. The zero-order chi connectivity index (χ0) is 19.6. The Balaban J connectivity index is 2.92. The minimum Gasteiger partial charge on any atom is -0.370 e. The number of aliphatic imine (C=N–C) groups is 1. The highest BCUT2D eigenvalue weighted by molar-refractivity contribution is 5.95. The topological polar surface area (TPSA) is 140 Å². The molecule has 1 saturated heterocycles. The maximum absolute atomic E-state index is 13.0. The Kier molecular flexibility index (Phi) is 9.09. The van der Waals surface area contributed by atoms with Crippen LogP contribution in [0.15, 0.2) is 4.99 Å². The second kappa shape index (κ2) is 10.8. The summed E-state index contributed by atoms with van der Waals surface area (Å²) >= 11 is 0. The number of rotatable bonds is 6. The first kappa shape index (κ1) is 21.9. The Labute approximate surface area is 155 Å². The fourth-order valence-electron chi connectivity index (χ4n) is 3.28. The summed E-state index contributed by atoms with van der Waals surface area (Å²) in [5, 5.41) is 5.83. The first-order valence-electron chi connectivity index (χ1n) is 9.52. The number of carbonyl (C=O) groups is 3. The first-order chi connectivity index (χ1) is 12.3. The van der Waals surface area contributed by atoms with Gasteiger partial charge >= 0.3 is 0 Å². The molecule has 0 radical (unpaired) electrons. The number of carbonyl (C=O) groups excluding carboxylic acids is 3. The first-order valence-corrected chi connectivity index (χ1v) is 9.52. The summed E-state index contributed by atoms with van der Waals surface area (Å²) in [6.45, 7) is 4.71. The van der Waals surface area contributed by atoms with Gasteiger partial charge in [-0.05, 0) is 38.5 Å². The number of nitrogens with zero attached hydrogens (tertiary/aromatic N) is 1. The Morgan fingerprint density at radius 3 is 2.50 bits per heavy atom. The van der Waals surface area contributed by atoms with Crippen molar-refractivity contribution in [3.8, 4) is 0 Å². The molecule has 26 heavy (non-hydrogen) atoms. The number of nitrogens with two attached hydrogens (primary N) is 2. The summed E-state index contributed by atoms with van der Waals surface area (Å²) < 4.78 is 0. The second-order valence-electron chi connectivity index (χ2n) is 6.86. The molecule has 1 rings (SSSR count). The van der Waals surface area contributed by atoms with Crippen LogP contribution in [0.5, 0.6) is 0 Å². The van der Waals surface area contributed by atoms with Gasteiger partial charge in [-0.2, -0.15) is 0 Å². The van der Waals surface area contributed by atoms with E-state index in [-0.39, 0.29) is 30.0 Å². The molecule has 0 bridgehead atoms. The van der Waals surface area contributed by atoms with E-state index in [1.165, 1.54) is 0 Å². The molecule has 1 heterocycles. The van der Waals surface area contributed by atoms with Crippen molar-refractivity contribution in [3.63, 3.8) is 0 Å². The molecule has 6 N–H and O–H groups in total. The van der Waals surface area contributed by atoms with Crippen molar-refractivity contribution in [3.05, 3.63) is 0 Å². The highest BCUT2D eigenvalue weighted by Gasteiger charge is 2.38. The molecule has 0 aliphatic carbocycles. The van der Waals surface area contributed by atoms with Gasteiger partial charge in [0.05, 0.1) is 5.54 Å². The molecule has 0 saturated carbocycles. The summed E-state index contributed by atoms with van der Waals surface area (Å²) in [6, 6.07) is 0. The van der Waals surface area contributed by atoms with E-state index in [2.05, 4.69) is 15.6 Å². The maximum atomic E-state index is 13.0. The monoisotopic (exact) mass is 367 g/mol. The third kappa shape index (κ3) is 6.65. The molecule has 1 fully saturated rings. The molecule has 0 aromatic heterocycles. The zero-order valence-electron chi connectivity index (χ0n) is 16.0. The van der Waals surface area contributed by atoms with E-state index in [1.54, 1.807) is 0 Å². The number of nitrogens with one attached hydrogen (secondary N) is 2. The van der Waals surface area contributed by atoms with Crippen molar-refractivity contribution >= 4 is 23.6 Å². The lowest BCUT2D eigenvalue weighted by Gasteiger charge is -2.33. The third-order valence-corrected chi connectivity index (χ3v) is 5.06. The van der Waals surface area contributed by atoms with Crippen molar-refractivity contribution < 1.29 is 14.4 Å². The highest BCUT2D eigenvalue weighted by Crippen LogP contribution is 2.24. The summed E-state index contributed by atoms with van der Waals surface area (Å²) in [6.07, 6.45) is 4.04. The van der Waals surface area contributed by atoms with Gasteiger partial charge in [0.25, 0.3) is 0 Å². The third-order valence-electron chi connectivity index (χ3n) is 5.06. The predicted molar refractivity (Wildman–Crippen MR) is 101 cm³/mol. The van der Waals surface area contributed by atoms with Gasteiger partial charge in [-0.3, -0.25) is 19.4 Å². The van der Waals surface area contributed by atoms with Crippen LogP contribution in [0.1, 0.15) is 65.2 Å². The molecule has 0 aromatic carbocycles. The number of guanidine groups is 1. The van der Waals surface area contributed by atoms with E-state index in [4.69, 9.17) is 11.5 Å². The predicted octanol–water partition coefficient (Wildman–Crippen LogP) is 0.591. The van der Waals surface area contributed by atoms with Crippen molar-refractivity contribution in [1.29, 1.82) is 0 Å².